The van der Waals surface area contributed by atoms with Crippen LogP contribution in [0.25, 0.3) is 0 Å². The second-order valence-electron chi connectivity index (χ2n) is 4.06. The first-order valence-electron chi connectivity index (χ1n) is 5.36. The third kappa shape index (κ3) is 2.29. The molecule has 0 radical (unpaired) electrons. The molecule has 17 heavy (non-hydrogen) atoms. The van der Waals surface area contributed by atoms with Gasteiger partial charge in [0.15, 0.2) is 0 Å². The summed E-state index contributed by atoms with van der Waals surface area (Å²) in [4.78, 5) is 26.2. The fraction of sp³-hybridized carbons (Fsp3) is 0.333. The molecule has 1 aliphatic rings. The Bertz CT molecular complexity index is 459. The molecule has 1 aliphatic heterocycles. The Morgan fingerprint density at radius 3 is 2.71 bits per heavy atom. The Kier molecular flexibility index (Phi) is 3.10. The number of hydrogen-bond donors (Lipinski definition) is 1. The minimum Gasteiger partial charge on any atom is -0.392 e. The fourth-order valence-electron chi connectivity index (χ4n) is 1.78. The van der Waals surface area contributed by atoms with Crippen molar-refractivity contribution in [3.8, 4) is 0 Å². The lowest BCUT2D eigenvalue weighted by atomic mass is 10.1. The summed E-state index contributed by atoms with van der Waals surface area (Å²) >= 11 is 0. The fourth-order valence-corrected chi connectivity index (χ4v) is 1.78. The highest BCUT2D eigenvalue weighted by Crippen LogP contribution is 2.18. The van der Waals surface area contributed by atoms with Crippen LogP contribution in [0.5, 0.6) is 0 Å². The summed E-state index contributed by atoms with van der Waals surface area (Å²) in [5.41, 5.74) is 1.38. The summed E-state index contributed by atoms with van der Waals surface area (Å²) < 4.78 is 0. The van der Waals surface area contributed by atoms with Crippen molar-refractivity contribution in [3.63, 3.8) is 0 Å². The normalized spacial score (nSPS) is 16.6. The van der Waals surface area contributed by atoms with Gasteiger partial charge in [-0.25, -0.2) is 0 Å². The van der Waals surface area contributed by atoms with Crippen molar-refractivity contribution in [2.45, 2.75) is 6.61 Å². The molecular weight excluding hydrogens is 220 g/mol. The maximum Gasteiger partial charge on any atom is 0.247 e. The summed E-state index contributed by atoms with van der Waals surface area (Å²) in [7, 11) is 1.61. The van der Waals surface area contributed by atoms with Crippen LogP contribution in [-0.2, 0) is 16.2 Å². The number of benzene rings is 1. The number of piperazine rings is 1. The second kappa shape index (κ2) is 4.55. The average molecular weight is 234 g/mol. The van der Waals surface area contributed by atoms with E-state index in [1.807, 2.05) is 0 Å². The highest BCUT2D eigenvalue weighted by molar-refractivity contribution is 6.04. The minimum atomic E-state index is -0.109. The average Bonchev–Trinajstić information content (AvgIpc) is 2.34. The van der Waals surface area contributed by atoms with E-state index in [1.165, 1.54) is 9.80 Å². The summed E-state index contributed by atoms with van der Waals surface area (Å²) in [5, 5.41) is 9.04. The van der Waals surface area contributed by atoms with Gasteiger partial charge in [-0.15, -0.1) is 0 Å². The van der Waals surface area contributed by atoms with Crippen molar-refractivity contribution in [2.75, 3.05) is 25.0 Å². The van der Waals surface area contributed by atoms with E-state index in [-0.39, 0.29) is 31.5 Å². The summed E-state index contributed by atoms with van der Waals surface area (Å²) in [5.74, 6) is -0.193. The van der Waals surface area contributed by atoms with Gasteiger partial charge < -0.3 is 14.9 Å². The number of carbonyl (C=O) groups is 2. The van der Waals surface area contributed by atoms with Gasteiger partial charge in [0.05, 0.1) is 13.2 Å². The van der Waals surface area contributed by atoms with Gasteiger partial charge in [-0.3, -0.25) is 9.59 Å². The number of anilines is 1. The first-order valence-corrected chi connectivity index (χ1v) is 5.36. The molecule has 0 aliphatic carbocycles. The zero-order valence-electron chi connectivity index (χ0n) is 9.59. The van der Waals surface area contributed by atoms with Gasteiger partial charge in [0, 0.05) is 12.7 Å². The van der Waals surface area contributed by atoms with Crippen LogP contribution in [0.2, 0.25) is 0 Å². The topological polar surface area (TPSA) is 60.9 Å². The van der Waals surface area contributed by atoms with Crippen molar-refractivity contribution in [2.24, 2.45) is 0 Å². The van der Waals surface area contributed by atoms with Crippen LogP contribution in [0.1, 0.15) is 5.56 Å². The predicted molar refractivity (Wildman–Crippen MR) is 62.4 cm³/mol. The van der Waals surface area contributed by atoms with Crippen LogP contribution in [0, 0.1) is 0 Å². The van der Waals surface area contributed by atoms with E-state index < -0.39 is 0 Å². The molecule has 1 saturated heterocycles. The van der Waals surface area contributed by atoms with Crippen LogP contribution in [-0.4, -0.2) is 42.0 Å². The van der Waals surface area contributed by atoms with Gasteiger partial charge >= 0.3 is 0 Å². The first kappa shape index (κ1) is 11.6. The molecule has 0 unspecified atom stereocenters. The third-order valence-electron chi connectivity index (χ3n) is 2.80. The third-order valence-corrected chi connectivity index (χ3v) is 2.80. The van der Waals surface area contributed by atoms with Gasteiger partial charge in [0.2, 0.25) is 11.8 Å². The number of carbonyl (C=O) groups excluding carboxylic acids is 2. The quantitative estimate of drug-likeness (QED) is 0.782. The molecule has 1 aromatic rings. The van der Waals surface area contributed by atoms with Crippen molar-refractivity contribution in [1.82, 2.24) is 4.90 Å². The van der Waals surface area contributed by atoms with E-state index in [0.717, 1.165) is 5.56 Å². The maximum atomic E-state index is 11.8. The Morgan fingerprint density at radius 2 is 2.00 bits per heavy atom. The number of nitrogens with zero attached hydrogens (tertiary/aromatic N) is 2. The number of amides is 2. The number of aliphatic hydroxyl groups is 1. The summed E-state index contributed by atoms with van der Waals surface area (Å²) in [6.07, 6.45) is 0. The van der Waals surface area contributed by atoms with Crippen LogP contribution < -0.4 is 4.90 Å². The van der Waals surface area contributed by atoms with Crippen LogP contribution in [0.3, 0.4) is 0 Å². The summed E-state index contributed by atoms with van der Waals surface area (Å²) in [6, 6.07) is 7.01. The lowest BCUT2D eigenvalue weighted by molar-refractivity contribution is -0.136. The van der Waals surface area contributed by atoms with Crippen molar-refractivity contribution in [1.29, 1.82) is 0 Å². The van der Waals surface area contributed by atoms with Crippen LogP contribution in [0.4, 0.5) is 5.69 Å². The SMILES string of the molecule is CN1CC(=O)N(c2cccc(CO)c2)CC1=O. The van der Waals surface area contributed by atoms with E-state index in [2.05, 4.69) is 0 Å². The van der Waals surface area contributed by atoms with Gasteiger partial charge in [-0.1, -0.05) is 12.1 Å². The Hall–Kier alpha value is -1.88. The van der Waals surface area contributed by atoms with Gasteiger partial charge in [0.1, 0.15) is 6.54 Å². The molecule has 1 N–H and O–H groups in total. The van der Waals surface area contributed by atoms with Crippen LogP contribution >= 0.6 is 0 Å². The lowest BCUT2D eigenvalue weighted by Crippen LogP contribution is -2.52. The van der Waals surface area contributed by atoms with Crippen molar-refractivity contribution < 1.29 is 14.7 Å². The molecule has 0 aromatic heterocycles. The standard InChI is InChI=1S/C12H14N2O3/c1-13-6-12(17)14(7-11(13)16)10-4-2-3-9(5-10)8-15/h2-5,15H,6-8H2,1H3. The second-order valence-corrected chi connectivity index (χ2v) is 4.06. The number of rotatable bonds is 2. The lowest BCUT2D eigenvalue weighted by Gasteiger charge is -2.31. The van der Waals surface area contributed by atoms with Gasteiger partial charge in [-0.05, 0) is 17.7 Å². The number of hydrogen-bond acceptors (Lipinski definition) is 3. The number of likely N-dealkylation sites (N-methyl/N-ethyl adjacent to an activating group) is 1. The van der Waals surface area contributed by atoms with Gasteiger partial charge in [-0.2, -0.15) is 0 Å². The molecule has 0 bridgehead atoms. The molecule has 90 valence electrons. The molecule has 2 amide bonds. The minimum absolute atomic E-state index is 0.0597. The smallest absolute Gasteiger partial charge is 0.247 e. The zero-order valence-corrected chi connectivity index (χ0v) is 9.59. The van der Waals surface area contributed by atoms with E-state index in [4.69, 9.17) is 5.11 Å². The van der Waals surface area contributed by atoms with E-state index in [0.29, 0.717) is 5.69 Å². The van der Waals surface area contributed by atoms with E-state index >= 15 is 0 Å². The largest absolute Gasteiger partial charge is 0.392 e. The Morgan fingerprint density at radius 1 is 1.24 bits per heavy atom. The molecule has 0 atom stereocenters. The van der Waals surface area contributed by atoms with Crippen LogP contribution in [0.15, 0.2) is 24.3 Å². The highest BCUT2D eigenvalue weighted by atomic mass is 16.3. The molecule has 2 rings (SSSR count). The highest BCUT2D eigenvalue weighted by Gasteiger charge is 2.28. The van der Waals surface area contributed by atoms with Gasteiger partial charge in [0.25, 0.3) is 0 Å². The molecule has 1 aromatic carbocycles. The zero-order chi connectivity index (χ0) is 12.4. The molecule has 1 fully saturated rings. The molecule has 0 saturated carbocycles. The number of aliphatic hydroxyl groups excluding tert-OH is 1. The maximum absolute atomic E-state index is 11.8. The van der Waals surface area contributed by atoms with E-state index in [1.54, 1.807) is 31.3 Å². The molecule has 0 spiro atoms. The van der Waals surface area contributed by atoms with E-state index in [9.17, 15) is 9.59 Å². The molecule has 5 nitrogen and oxygen atoms in total. The molecular formula is C12H14N2O3. The van der Waals surface area contributed by atoms with Crippen molar-refractivity contribution >= 4 is 17.5 Å². The summed E-state index contributed by atoms with van der Waals surface area (Å²) in [6.45, 7) is 0.0795. The Balaban J connectivity index is 2.26. The first-order chi connectivity index (χ1) is 8.11. The van der Waals surface area contributed by atoms with Crippen molar-refractivity contribution in [3.05, 3.63) is 29.8 Å². The molecule has 5 heteroatoms. The Labute approximate surface area is 99.3 Å². The molecule has 1 heterocycles. The monoisotopic (exact) mass is 234 g/mol. The predicted octanol–water partition coefficient (Wildman–Crippen LogP) is -0.0161.